The highest BCUT2D eigenvalue weighted by Gasteiger charge is 2.27. The zero-order chi connectivity index (χ0) is 19.3. The van der Waals surface area contributed by atoms with Crippen LogP contribution in [0.15, 0.2) is 84.9 Å². The first kappa shape index (κ1) is 24.0. The molecule has 0 N–H and O–H groups in total. The largest absolute Gasteiger partial charge is 0.426 e. The fourth-order valence-electron chi connectivity index (χ4n) is 2.65. The quantitative estimate of drug-likeness (QED) is 0.317. The van der Waals surface area contributed by atoms with E-state index in [0.29, 0.717) is 5.75 Å². The summed E-state index contributed by atoms with van der Waals surface area (Å²) in [6.07, 6.45) is 0.736. The molecule has 0 aliphatic carbocycles. The van der Waals surface area contributed by atoms with E-state index in [0.717, 1.165) is 23.5 Å². The number of nitrogens with zero attached hydrogens (tertiary/aromatic N) is 1. The Bertz CT molecular complexity index is 832. The van der Waals surface area contributed by atoms with Crippen LogP contribution in [-0.2, 0) is 4.79 Å². The van der Waals surface area contributed by atoms with Crippen LogP contribution in [0, 0.1) is 5.41 Å². The van der Waals surface area contributed by atoms with E-state index in [4.69, 9.17) is 4.74 Å². The monoisotopic (exact) mass is 391 g/mol. The second-order valence-electron chi connectivity index (χ2n) is 7.13. The molecule has 0 fully saturated rings. The Hall–Kier alpha value is -3.07. The predicted octanol–water partition coefficient (Wildman–Crippen LogP) is 7.77. The van der Waals surface area contributed by atoms with Crippen LogP contribution in [0.2, 0.25) is 0 Å². The minimum absolute atomic E-state index is 0. The molecule has 0 radical (unpaired) electrons. The molecule has 3 nitrogen and oxygen atoms in total. The summed E-state index contributed by atoms with van der Waals surface area (Å²) in [6, 6.07) is 28.0. The number of carbonyl (C=O) groups is 1. The third kappa shape index (κ3) is 5.71. The fraction of sp³-hybridized carbons (Fsp3) is 0.269. The molecule has 3 heteroatoms. The zero-order valence-electron chi connectivity index (χ0n) is 16.1. The molecule has 0 heterocycles. The van der Waals surface area contributed by atoms with Gasteiger partial charge in [-0.3, -0.25) is 4.79 Å². The standard InChI is InChI=1S/C24H25NO2.2CH4/c1-4-24(2,3)23(26)27-22-17-15-21(16-18-22)25(19-11-7-5-8-12-19)20-13-9-6-10-14-20;;/h5-18H,4H2,1-3H3;2*1H4. The average Bonchev–Trinajstić information content (AvgIpc) is 2.71. The highest BCUT2D eigenvalue weighted by Crippen LogP contribution is 2.35. The van der Waals surface area contributed by atoms with Gasteiger partial charge in [0.1, 0.15) is 5.75 Å². The Balaban J connectivity index is 0.00000210. The van der Waals surface area contributed by atoms with Crippen molar-refractivity contribution in [3.05, 3.63) is 84.9 Å². The van der Waals surface area contributed by atoms with Crippen molar-refractivity contribution < 1.29 is 9.53 Å². The number of anilines is 3. The lowest BCUT2D eigenvalue weighted by Crippen LogP contribution is -2.28. The summed E-state index contributed by atoms with van der Waals surface area (Å²) in [5, 5.41) is 0. The van der Waals surface area contributed by atoms with Crippen molar-refractivity contribution in [3.8, 4) is 5.75 Å². The van der Waals surface area contributed by atoms with E-state index in [-0.39, 0.29) is 20.8 Å². The number of para-hydroxylation sites is 2. The minimum Gasteiger partial charge on any atom is -0.426 e. The van der Waals surface area contributed by atoms with Crippen molar-refractivity contribution in [2.45, 2.75) is 42.0 Å². The SMILES string of the molecule is C.C.CCC(C)(C)C(=O)Oc1ccc(N(c2ccccc2)c2ccccc2)cc1. The molecule has 0 aliphatic heterocycles. The number of benzene rings is 3. The van der Waals surface area contributed by atoms with Gasteiger partial charge in [-0.1, -0.05) is 58.2 Å². The van der Waals surface area contributed by atoms with E-state index in [1.807, 2.05) is 81.4 Å². The first-order chi connectivity index (χ1) is 13.0. The summed E-state index contributed by atoms with van der Waals surface area (Å²) < 4.78 is 5.56. The third-order valence-electron chi connectivity index (χ3n) is 4.77. The molecular weight excluding hydrogens is 358 g/mol. The van der Waals surface area contributed by atoms with Gasteiger partial charge in [-0.2, -0.15) is 0 Å². The molecule has 3 aromatic rings. The Morgan fingerprint density at radius 2 is 1.17 bits per heavy atom. The summed E-state index contributed by atoms with van der Waals surface area (Å²) in [5.41, 5.74) is 2.65. The van der Waals surface area contributed by atoms with Gasteiger partial charge in [0.15, 0.2) is 0 Å². The Labute approximate surface area is 176 Å². The van der Waals surface area contributed by atoms with Crippen LogP contribution in [0.25, 0.3) is 0 Å². The molecule has 3 aromatic carbocycles. The van der Waals surface area contributed by atoms with Gasteiger partial charge < -0.3 is 9.64 Å². The normalized spacial score (nSPS) is 10.3. The Kier molecular flexibility index (Phi) is 8.65. The highest BCUT2D eigenvalue weighted by atomic mass is 16.5. The molecule has 0 unspecified atom stereocenters. The molecule has 0 spiro atoms. The number of hydrogen-bond donors (Lipinski definition) is 0. The van der Waals surface area contributed by atoms with Crippen molar-refractivity contribution in [2.24, 2.45) is 5.41 Å². The summed E-state index contributed by atoms with van der Waals surface area (Å²) in [6.45, 7) is 5.79. The van der Waals surface area contributed by atoms with E-state index in [1.54, 1.807) is 0 Å². The summed E-state index contributed by atoms with van der Waals surface area (Å²) >= 11 is 0. The molecular formula is C26H33NO2. The van der Waals surface area contributed by atoms with Gasteiger partial charge in [0.25, 0.3) is 0 Å². The molecule has 0 atom stereocenters. The van der Waals surface area contributed by atoms with E-state index in [2.05, 4.69) is 29.2 Å². The number of ether oxygens (including phenoxy) is 1. The lowest BCUT2D eigenvalue weighted by Gasteiger charge is -2.25. The van der Waals surface area contributed by atoms with E-state index in [9.17, 15) is 4.79 Å². The maximum absolute atomic E-state index is 12.3. The van der Waals surface area contributed by atoms with Crippen LogP contribution in [-0.4, -0.2) is 5.97 Å². The number of carbonyl (C=O) groups excluding carboxylic acids is 1. The average molecular weight is 392 g/mol. The molecule has 154 valence electrons. The number of esters is 1. The van der Waals surface area contributed by atoms with Crippen molar-refractivity contribution in [1.82, 2.24) is 0 Å². The third-order valence-corrected chi connectivity index (χ3v) is 4.77. The van der Waals surface area contributed by atoms with Crippen LogP contribution in [0.5, 0.6) is 5.75 Å². The van der Waals surface area contributed by atoms with Crippen molar-refractivity contribution in [1.29, 1.82) is 0 Å². The molecule has 3 rings (SSSR count). The lowest BCUT2D eigenvalue weighted by molar-refractivity contribution is -0.144. The molecule has 0 bridgehead atoms. The molecule has 0 saturated heterocycles. The van der Waals surface area contributed by atoms with Crippen LogP contribution < -0.4 is 9.64 Å². The van der Waals surface area contributed by atoms with Crippen molar-refractivity contribution in [2.75, 3.05) is 4.90 Å². The Morgan fingerprint density at radius 1 is 0.759 bits per heavy atom. The molecule has 0 aromatic heterocycles. The predicted molar refractivity (Wildman–Crippen MR) is 124 cm³/mol. The second kappa shape index (κ2) is 10.5. The highest BCUT2D eigenvalue weighted by molar-refractivity contribution is 5.79. The minimum atomic E-state index is -0.487. The first-order valence-corrected chi connectivity index (χ1v) is 9.24. The van der Waals surface area contributed by atoms with Crippen molar-refractivity contribution >= 4 is 23.0 Å². The van der Waals surface area contributed by atoms with E-state index < -0.39 is 5.41 Å². The maximum Gasteiger partial charge on any atom is 0.316 e. The van der Waals surface area contributed by atoms with Crippen LogP contribution >= 0.6 is 0 Å². The second-order valence-corrected chi connectivity index (χ2v) is 7.13. The van der Waals surface area contributed by atoms with Gasteiger partial charge in [-0.05, 0) is 68.8 Å². The first-order valence-electron chi connectivity index (χ1n) is 9.24. The fourth-order valence-corrected chi connectivity index (χ4v) is 2.65. The molecule has 29 heavy (non-hydrogen) atoms. The summed E-state index contributed by atoms with van der Waals surface area (Å²) in [7, 11) is 0. The number of hydrogen-bond acceptors (Lipinski definition) is 3. The van der Waals surface area contributed by atoms with E-state index in [1.165, 1.54) is 0 Å². The number of rotatable bonds is 6. The smallest absolute Gasteiger partial charge is 0.316 e. The van der Waals surface area contributed by atoms with E-state index >= 15 is 0 Å². The summed E-state index contributed by atoms with van der Waals surface area (Å²) in [5.74, 6) is 0.354. The van der Waals surface area contributed by atoms with Gasteiger partial charge in [0.05, 0.1) is 5.41 Å². The van der Waals surface area contributed by atoms with Gasteiger partial charge in [-0.15, -0.1) is 0 Å². The summed E-state index contributed by atoms with van der Waals surface area (Å²) in [4.78, 5) is 14.5. The molecule has 0 saturated carbocycles. The van der Waals surface area contributed by atoms with Gasteiger partial charge in [0, 0.05) is 17.1 Å². The van der Waals surface area contributed by atoms with Gasteiger partial charge in [-0.25, -0.2) is 0 Å². The zero-order valence-corrected chi connectivity index (χ0v) is 16.1. The van der Waals surface area contributed by atoms with Crippen LogP contribution in [0.1, 0.15) is 42.0 Å². The van der Waals surface area contributed by atoms with Crippen molar-refractivity contribution in [3.63, 3.8) is 0 Å². The molecule has 0 amide bonds. The lowest BCUT2D eigenvalue weighted by atomic mass is 9.91. The van der Waals surface area contributed by atoms with Gasteiger partial charge >= 0.3 is 5.97 Å². The maximum atomic E-state index is 12.3. The van der Waals surface area contributed by atoms with Gasteiger partial charge in [0.2, 0.25) is 0 Å². The topological polar surface area (TPSA) is 29.5 Å². The van der Waals surface area contributed by atoms with Crippen LogP contribution in [0.4, 0.5) is 17.1 Å². The molecule has 0 aliphatic rings. The van der Waals surface area contributed by atoms with Crippen LogP contribution in [0.3, 0.4) is 0 Å². The Morgan fingerprint density at radius 3 is 1.59 bits per heavy atom.